The Morgan fingerprint density at radius 2 is 1.82 bits per heavy atom. The summed E-state index contributed by atoms with van der Waals surface area (Å²) < 4.78 is 4.86. The zero-order valence-electron chi connectivity index (χ0n) is 7.92. The third-order valence-electron chi connectivity index (χ3n) is 0.781. The normalized spacial score (nSPS) is 7.00. The summed E-state index contributed by atoms with van der Waals surface area (Å²) in [5, 5.41) is 0. The fourth-order valence-corrected chi connectivity index (χ4v) is 0.429. The lowest BCUT2D eigenvalue weighted by Crippen LogP contribution is -1.92. The molecule has 66 valence electrons. The topological polar surface area (TPSA) is 39.2 Å². The molecule has 2 heteroatoms. The Morgan fingerprint density at radius 3 is 2.00 bits per heavy atom. The van der Waals surface area contributed by atoms with Crippen LogP contribution in [0.5, 0.6) is 0 Å². The second-order valence-corrected chi connectivity index (χ2v) is 1.28. The molecule has 2 N–H and O–H groups in total. The molecule has 2 nitrogen and oxygen atoms in total. The van der Waals surface area contributed by atoms with E-state index in [0.717, 1.165) is 5.76 Å². The fraction of sp³-hybridized carbons (Fsp3) is 0.556. The molecule has 0 aliphatic carbocycles. The Morgan fingerprint density at radius 1 is 1.27 bits per heavy atom. The van der Waals surface area contributed by atoms with Gasteiger partial charge < -0.3 is 10.2 Å². The SMILES string of the molecule is CC.CC.NCc1ccco1. The summed E-state index contributed by atoms with van der Waals surface area (Å²) in [5.74, 6) is 0.833. The molecule has 0 aliphatic rings. The van der Waals surface area contributed by atoms with Crippen molar-refractivity contribution in [1.82, 2.24) is 0 Å². The second-order valence-electron chi connectivity index (χ2n) is 1.28. The molecule has 1 heterocycles. The van der Waals surface area contributed by atoms with Crippen molar-refractivity contribution in [3.8, 4) is 0 Å². The quantitative estimate of drug-likeness (QED) is 0.680. The minimum atomic E-state index is 0.493. The van der Waals surface area contributed by atoms with Crippen LogP contribution in [0.15, 0.2) is 22.8 Å². The van der Waals surface area contributed by atoms with Gasteiger partial charge in [0, 0.05) is 0 Å². The zero-order chi connectivity index (χ0) is 9.11. The summed E-state index contributed by atoms with van der Waals surface area (Å²) in [6.07, 6.45) is 1.61. The predicted octanol–water partition coefficient (Wildman–Crippen LogP) is 2.79. The molecule has 0 aliphatic heterocycles. The molecule has 0 bridgehead atoms. The van der Waals surface area contributed by atoms with Crippen LogP contribution in [-0.2, 0) is 6.54 Å². The molecule has 0 aromatic carbocycles. The van der Waals surface area contributed by atoms with Gasteiger partial charge in [-0.2, -0.15) is 0 Å². The van der Waals surface area contributed by atoms with Gasteiger partial charge in [-0.25, -0.2) is 0 Å². The Kier molecular flexibility index (Phi) is 14.0. The number of nitrogens with two attached hydrogens (primary N) is 1. The van der Waals surface area contributed by atoms with E-state index in [9.17, 15) is 0 Å². The highest BCUT2D eigenvalue weighted by Crippen LogP contribution is 1.95. The number of hydrogen-bond acceptors (Lipinski definition) is 2. The maximum atomic E-state index is 5.20. The van der Waals surface area contributed by atoms with E-state index in [4.69, 9.17) is 10.2 Å². The van der Waals surface area contributed by atoms with Crippen LogP contribution < -0.4 is 5.73 Å². The third kappa shape index (κ3) is 7.13. The molecular formula is C9H19NO. The van der Waals surface area contributed by atoms with Gasteiger partial charge >= 0.3 is 0 Å². The Bertz CT molecular complexity index is 124. The lowest BCUT2D eigenvalue weighted by Gasteiger charge is -1.80. The van der Waals surface area contributed by atoms with Crippen molar-refractivity contribution in [1.29, 1.82) is 0 Å². The molecule has 0 unspecified atom stereocenters. The highest BCUT2D eigenvalue weighted by atomic mass is 16.3. The van der Waals surface area contributed by atoms with Crippen LogP contribution in [0.2, 0.25) is 0 Å². The van der Waals surface area contributed by atoms with Gasteiger partial charge in [0.15, 0.2) is 0 Å². The van der Waals surface area contributed by atoms with Crippen molar-refractivity contribution in [2.24, 2.45) is 5.73 Å². The number of rotatable bonds is 1. The lowest BCUT2D eigenvalue weighted by molar-refractivity contribution is 0.512. The van der Waals surface area contributed by atoms with Crippen molar-refractivity contribution >= 4 is 0 Å². The molecule has 0 atom stereocenters. The maximum Gasteiger partial charge on any atom is 0.117 e. The van der Waals surface area contributed by atoms with Crippen LogP contribution in [-0.4, -0.2) is 0 Å². The van der Waals surface area contributed by atoms with Crippen molar-refractivity contribution in [2.75, 3.05) is 0 Å². The van der Waals surface area contributed by atoms with Gasteiger partial charge in [-0.15, -0.1) is 0 Å². The van der Waals surface area contributed by atoms with E-state index >= 15 is 0 Å². The van der Waals surface area contributed by atoms with E-state index in [2.05, 4.69) is 0 Å². The zero-order valence-corrected chi connectivity index (χ0v) is 7.92. The minimum absolute atomic E-state index is 0.493. The van der Waals surface area contributed by atoms with Gasteiger partial charge in [0.25, 0.3) is 0 Å². The van der Waals surface area contributed by atoms with Crippen LogP contribution in [0.4, 0.5) is 0 Å². The van der Waals surface area contributed by atoms with E-state index in [1.807, 2.05) is 39.8 Å². The summed E-state index contributed by atoms with van der Waals surface area (Å²) in [5.41, 5.74) is 5.20. The van der Waals surface area contributed by atoms with Gasteiger partial charge in [-0.1, -0.05) is 27.7 Å². The molecule has 1 rings (SSSR count). The van der Waals surface area contributed by atoms with Crippen LogP contribution in [0.25, 0.3) is 0 Å². The molecule has 0 amide bonds. The molecule has 0 radical (unpaired) electrons. The first-order chi connectivity index (χ1) is 5.43. The van der Waals surface area contributed by atoms with Crippen LogP contribution in [0.3, 0.4) is 0 Å². The number of furan rings is 1. The highest BCUT2D eigenvalue weighted by Gasteiger charge is 1.84. The molecule has 1 aromatic rings. The first-order valence-electron chi connectivity index (χ1n) is 4.16. The summed E-state index contributed by atoms with van der Waals surface area (Å²) >= 11 is 0. The number of hydrogen-bond donors (Lipinski definition) is 1. The van der Waals surface area contributed by atoms with E-state index in [-0.39, 0.29) is 0 Å². The molecule has 1 aromatic heterocycles. The van der Waals surface area contributed by atoms with Crippen molar-refractivity contribution < 1.29 is 4.42 Å². The summed E-state index contributed by atoms with van der Waals surface area (Å²) in [7, 11) is 0. The smallest absolute Gasteiger partial charge is 0.117 e. The van der Waals surface area contributed by atoms with Gasteiger partial charge in [0.2, 0.25) is 0 Å². The highest BCUT2D eigenvalue weighted by molar-refractivity contribution is 4.96. The maximum absolute atomic E-state index is 5.20. The molecule has 0 spiro atoms. The van der Waals surface area contributed by atoms with Crippen molar-refractivity contribution in [3.05, 3.63) is 24.2 Å². The fourth-order valence-electron chi connectivity index (χ4n) is 0.429. The minimum Gasteiger partial charge on any atom is -0.468 e. The Labute approximate surface area is 69.4 Å². The molecule has 0 saturated heterocycles. The molecular weight excluding hydrogens is 138 g/mol. The van der Waals surface area contributed by atoms with Gasteiger partial charge in [-0.05, 0) is 12.1 Å². The van der Waals surface area contributed by atoms with Crippen LogP contribution >= 0.6 is 0 Å². The van der Waals surface area contributed by atoms with Gasteiger partial charge in [0.05, 0.1) is 12.8 Å². The Hall–Kier alpha value is -0.760. The standard InChI is InChI=1S/C5H7NO.2C2H6/c6-4-5-2-1-3-7-5;2*1-2/h1-3H,4,6H2;2*1-2H3. The predicted molar refractivity (Wildman–Crippen MR) is 49.3 cm³/mol. The monoisotopic (exact) mass is 157 g/mol. The van der Waals surface area contributed by atoms with E-state index in [1.54, 1.807) is 6.26 Å². The first-order valence-corrected chi connectivity index (χ1v) is 4.16. The summed E-state index contributed by atoms with van der Waals surface area (Å²) in [4.78, 5) is 0. The molecule has 0 fully saturated rings. The molecule has 0 saturated carbocycles. The van der Waals surface area contributed by atoms with E-state index < -0.39 is 0 Å². The van der Waals surface area contributed by atoms with Crippen LogP contribution in [0.1, 0.15) is 33.5 Å². The van der Waals surface area contributed by atoms with Crippen molar-refractivity contribution in [3.63, 3.8) is 0 Å². The van der Waals surface area contributed by atoms with E-state index in [1.165, 1.54) is 0 Å². The summed E-state index contributed by atoms with van der Waals surface area (Å²) in [6.45, 7) is 8.49. The van der Waals surface area contributed by atoms with E-state index in [0.29, 0.717) is 6.54 Å². The average Bonchev–Trinajstić information content (AvgIpc) is 2.63. The second kappa shape index (κ2) is 12.0. The van der Waals surface area contributed by atoms with Crippen LogP contribution in [0, 0.1) is 0 Å². The van der Waals surface area contributed by atoms with Crippen molar-refractivity contribution in [2.45, 2.75) is 34.2 Å². The lowest BCUT2D eigenvalue weighted by atomic mass is 10.5. The largest absolute Gasteiger partial charge is 0.468 e. The third-order valence-corrected chi connectivity index (χ3v) is 0.781. The average molecular weight is 157 g/mol. The molecule has 11 heavy (non-hydrogen) atoms. The summed E-state index contributed by atoms with van der Waals surface area (Å²) in [6, 6.07) is 3.67. The Balaban J connectivity index is 0. The van der Waals surface area contributed by atoms with Gasteiger partial charge in [0.1, 0.15) is 5.76 Å². The first kappa shape index (κ1) is 12.9. The van der Waals surface area contributed by atoms with Gasteiger partial charge in [-0.3, -0.25) is 0 Å².